The molecule has 138 valence electrons. The van der Waals surface area contributed by atoms with Crippen LogP contribution in [-0.4, -0.2) is 66.5 Å². The normalized spacial score (nSPS) is 21.0. The summed E-state index contributed by atoms with van der Waals surface area (Å²) in [5, 5.41) is 19.4. The molecule has 1 N–H and O–H groups in total. The van der Waals surface area contributed by atoms with Crippen LogP contribution in [0.4, 0.5) is 11.5 Å². The standard InChI is InChI=1S/C20H27N5O/c1-14-6-4-8-18(26)19(14)16-12-17-20(22-21-16)25(11-10-24(17)3)15-7-5-9-23(2)13-15/h4,6,8,12,15,26H,5,7,9-11,13H2,1-3H3/t15-/m1/s1. The minimum absolute atomic E-state index is 0.253. The van der Waals surface area contributed by atoms with E-state index in [1.165, 1.54) is 19.4 Å². The topological polar surface area (TPSA) is 55.7 Å². The molecule has 1 atom stereocenters. The first-order chi connectivity index (χ1) is 12.5. The second kappa shape index (κ2) is 6.76. The zero-order chi connectivity index (χ0) is 18.3. The van der Waals surface area contributed by atoms with Crippen molar-refractivity contribution < 1.29 is 5.11 Å². The molecule has 0 radical (unpaired) electrons. The summed E-state index contributed by atoms with van der Waals surface area (Å²) in [7, 11) is 4.30. The van der Waals surface area contributed by atoms with E-state index in [2.05, 4.69) is 45.1 Å². The molecule has 1 fully saturated rings. The number of rotatable bonds is 2. The lowest BCUT2D eigenvalue weighted by Crippen LogP contribution is -2.51. The van der Waals surface area contributed by atoms with Gasteiger partial charge < -0.3 is 19.8 Å². The number of fused-ring (bicyclic) bond motifs is 1. The first-order valence-electron chi connectivity index (χ1n) is 9.37. The van der Waals surface area contributed by atoms with Gasteiger partial charge in [-0.3, -0.25) is 0 Å². The van der Waals surface area contributed by atoms with E-state index in [0.717, 1.165) is 48.0 Å². The fourth-order valence-electron chi connectivity index (χ4n) is 4.20. The largest absolute Gasteiger partial charge is 0.507 e. The second-order valence-corrected chi connectivity index (χ2v) is 7.58. The second-order valence-electron chi connectivity index (χ2n) is 7.58. The summed E-state index contributed by atoms with van der Waals surface area (Å²) < 4.78 is 0. The highest BCUT2D eigenvalue weighted by Gasteiger charge is 2.31. The number of hydrogen-bond donors (Lipinski definition) is 1. The monoisotopic (exact) mass is 353 g/mol. The van der Waals surface area contributed by atoms with Crippen molar-refractivity contribution in [3.05, 3.63) is 29.8 Å². The number of likely N-dealkylation sites (tertiary alicyclic amines) is 1. The number of aromatic hydroxyl groups is 1. The van der Waals surface area contributed by atoms with E-state index in [0.29, 0.717) is 6.04 Å². The maximum Gasteiger partial charge on any atom is 0.175 e. The number of piperidine rings is 1. The van der Waals surface area contributed by atoms with Gasteiger partial charge in [0.25, 0.3) is 0 Å². The van der Waals surface area contributed by atoms with Gasteiger partial charge in [0.15, 0.2) is 5.82 Å². The molecule has 6 heteroatoms. The summed E-state index contributed by atoms with van der Waals surface area (Å²) in [4.78, 5) is 7.07. The Kier molecular flexibility index (Phi) is 4.44. The molecule has 0 unspecified atom stereocenters. The third-order valence-corrected chi connectivity index (χ3v) is 5.66. The lowest BCUT2D eigenvalue weighted by atomic mass is 10.0. The SMILES string of the molecule is Cc1cccc(O)c1-c1cc2c(nn1)N([C@@H]1CCCN(C)C1)CCN2C. The Labute approximate surface area is 155 Å². The molecule has 6 nitrogen and oxygen atoms in total. The molecule has 1 aromatic heterocycles. The Morgan fingerprint density at radius 3 is 2.73 bits per heavy atom. The van der Waals surface area contributed by atoms with Crippen LogP contribution in [0.15, 0.2) is 24.3 Å². The molecular formula is C20H27N5O. The van der Waals surface area contributed by atoms with Crippen LogP contribution in [-0.2, 0) is 0 Å². The fraction of sp³-hybridized carbons (Fsp3) is 0.500. The number of phenols is 1. The zero-order valence-corrected chi connectivity index (χ0v) is 15.8. The number of hydrogen-bond acceptors (Lipinski definition) is 6. The Hall–Kier alpha value is -2.34. The van der Waals surface area contributed by atoms with Gasteiger partial charge >= 0.3 is 0 Å². The van der Waals surface area contributed by atoms with Gasteiger partial charge in [-0.1, -0.05) is 12.1 Å². The number of aryl methyl sites for hydroxylation is 1. The van der Waals surface area contributed by atoms with Crippen LogP contribution < -0.4 is 9.80 Å². The molecule has 0 saturated carbocycles. The lowest BCUT2D eigenvalue weighted by molar-refractivity contribution is 0.243. The van der Waals surface area contributed by atoms with Gasteiger partial charge in [-0.25, -0.2) is 0 Å². The van der Waals surface area contributed by atoms with E-state index in [9.17, 15) is 5.11 Å². The third-order valence-electron chi connectivity index (χ3n) is 5.66. The van der Waals surface area contributed by atoms with E-state index in [4.69, 9.17) is 0 Å². The number of nitrogens with zero attached hydrogens (tertiary/aromatic N) is 5. The number of aromatic nitrogens is 2. The molecule has 0 spiro atoms. The van der Waals surface area contributed by atoms with Crippen molar-refractivity contribution in [3.63, 3.8) is 0 Å². The van der Waals surface area contributed by atoms with Crippen LogP contribution in [0.1, 0.15) is 18.4 Å². The summed E-state index contributed by atoms with van der Waals surface area (Å²) in [6, 6.07) is 8.12. The molecule has 4 rings (SSSR count). The van der Waals surface area contributed by atoms with E-state index in [1.54, 1.807) is 6.07 Å². The molecule has 0 amide bonds. The minimum atomic E-state index is 0.253. The van der Waals surface area contributed by atoms with E-state index < -0.39 is 0 Å². The first kappa shape index (κ1) is 17.1. The van der Waals surface area contributed by atoms with Crippen LogP contribution in [0.5, 0.6) is 5.75 Å². The number of anilines is 2. The zero-order valence-electron chi connectivity index (χ0n) is 15.8. The molecule has 26 heavy (non-hydrogen) atoms. The van der Waals surface area contributed by atoms with Crippen molar-refractivity contribution in [1.29, 1.82) is 0 Å². The van der Waals surface area contributed by atoms with Gasteiger partial charge in [-0.05, 0) is 51.1 Å². The van der Waals surface area contributed by atoms with Crippen molar-refractivity contribution >= 4 is 11.5 Å². The highest BCUT2D eigenvalue weighted by Crippen LogP contribution is 2.38. The van der Waals surface area contributed by atoms with Gasteiger partial charge in [-0.2, -0.15) is 0 Å². The fourth-order valence-corrected chi connectivity index (χ4v) is 4.20. The molecule has 2 aliphatic heterocycles. The highest BCUT2D eigenvalue weighted by molar-refractivity contribution is 5.78. The van der Waals surface area contributed by atoms with Crippen LogP contribution in [0, 0.1) is 6.92 Å². The van der Waals surface area contributed by atoms with Crippen molar-refractivity contribution in [2.45, 2.75) is 25.8 Å². The van der Waals surface area contributed by atoms with Gasteiger partial charge in [0.05, 0.1) is 11.4 Å². The predicted octanol–water partition coefficient (Wildman–Crippen LogP) is 2.51. The smallest absolute Gasteiger partial charge is 0.175 e. The summed E-state index contributed by atoms with van der Waals surface area (Å²) in [5.41, 5.74) is 3.60. The minimum Gasteiger partial charge on any atom is -0.507 e. The van der Waals surface area contributed by atoms with E-state index in [-0.39, 0.29) is 5.75 Å². The molecule has 3 heterocycles. The summed E-state index contributed by atoms with van der Waals surface area (Å²) in [6.07, 6.45) is 2.43. The molecule has 1 saturated heterocycles. The Balaban J connectivity index is 1.73. The molecule has 0 bridgehead atoms. The van der Waals surface area contributed by atoms with Crippen molar-refractivity contribution in [1.82, 2.24) is 15.1 Å². The van der Waals surface area contributed by atoms with Crippen molar-refractivity contribution in [3.8, 4) is 17.0 Å². The van der Waals surface area contributed by atoms with E-state index in [1.807, 2.05) is 19.1 Å². The molecule has 2 aliphatic rings. The quantitative estimate of drug-likeness (QED) is 0.895. The molecule has 2 aromatic rings. The van der Waals surface area contributed by atoms with Gasteiger partial charge in [0.2, 0.25) is 0 Å². The van der Waals surface area contributed by atoms with Crippen LogP contribution in [0.25, 0.3) is 11.3 Å². The molecular weight excluding hydrogens is 326 g/mol. The molecule has 0 aliphatic carbocycles. The predicted molar refractivity (Wildman–Crippen MR) is 105 cm³/mol. The van der Waals surface area contributed by atoms with Crippen LogP contribution in [0.2, 0.25) is 0 Å². The number of phenolic OH excluding ortho intramolecular Hbond substituents is 1. The maximum atomic E-state index is 10.3. The van der Waals surface area contributed by atoms with Crippen LogP contribution >= 0.6 is 0 Å². The maximum absolute atomic E-state index is 10.3. The number of likely N-dealkylation sites (N-methyl/N-ethyl adjacent to an activating group) is 2. The average Bonchev–Trinajstić information content (AvgIpc) is 2.62. The van der Waals surface area contributed by atoms with Gasteiger partial charge in [0.1, 0.15) is 5.75 Å². The van der Waals surface area contributed by atoms with Gasteiger partial charge in [0, 0.05) is 38.3 Å². The Bertz CT molecular complexity index is 789. The average molecular weight is 353 g/mol. The Morgan fingerprint density at radius 1 is 1.12 bits per heavy atom. The summed E-state index contributed by atoms with van der Waals surface area (Å²) >= 11 is 0. The lowest BCUT2D eigenvalue weighted by Gasteiger charge is -2.43. The van der Waals surface area contributed by atoms with Gasteiger partial charge in [-0.15, -0.1) is 10.2 Å². The Morgan fingerprint density at radius 2 is 1.96 bits per heavy atom. The third kappa shape index (κ3) is 2.98. The molecule has 1 aromatic carbocycles. The number of benzene rings is 1. The van der Waals surface area contributed by atoms with Crippen molar-refractivity contribution in [2.24, 2.45) is 0 Å². The van der Waals surface area contributed by atoms with Crippen molar-refractivity contribution in [2.75, 3.05) is 50.1 Å². The van der Waals surface area contributed by atoms with E-state index >= 15 is 0 Å². The highest BCUT2D eigenvalue weighted by atomic mass is 16.3. The summed E-state index contributed by atoms with van der Waals surface area (Å²) in [6.45, 7) is 6.19. The van der Waals surface area contributed by atoms with Crippen LogP contribution in [0.3, 0.4) is 0 Å². The summed E-state index contributed by atoms with van der Waals surface area (Å²) in [5.74, 6) is 1.22. The first-order valence-corrected chi connectivity index (χ1v) is 9.37.